The molecule has 0 bridgehead atoms. The van der Waals surface area contributed by atoms with Crippen LogP contribution in [0.4, 0.5) is 4.79 Å². The van der Waals surface area contributed by atoms with Crippen molar-refractivity contribution in [1.29, 1.82) is 0 Å². The van der Waals surface area contributed by atoms with Crippen molar-refractivity contribution in [2.24, 2.45) is 5.92 Å². The first kappa shape index (κ1) is 16.5. The lowest BCUT2D eigenvalue weighted by Crippen LogP contribution is -2.44. The van der Waals surface area contributed by atoms with Gasteiger partial charge in [-0.3, -0.25) is 0 Å². The second kappa shape index (κ2) is 7.89. The van der Waals surface area contributed by atoms with E-state index < -0.39 is 18.0 Å². The lowest BCUT2D eigenvalue weighted by Gasteiger charge is -2.19. The van der Waals surface area contributed by atoms with Crippen LogP contribution < -0.4 is 10.6 Å². The number of hydrogen-bond donors (Lipinski definition) is 3. The Morgan fingerprint density at radius 2 is 2.05 bits per heavy atom. The fourth-order valence-electron chi connectivity index (χ4n) is 1.94. The summed E-state index contributed by atoms with van der Waals surface area (Å²) < 4.78 is 0. The van der Waals surface area contributed by atoms with E-state index in [1.54, 1.807) is 17.5 Å². The summed E-state index contributed by atoms with van der Waals surface area (Å²) in [5.41, 5.74) is 0. The van der Waals surface area contributed by atoms with Gasteiger partial charge in [-0.1, -0.05) is 26.3 Å². The van der Waals surface area contributed by atoms with Gasteiger partial charge in [0.2, 0.25) is 0 Å². The summed E-state index contributed by atoms with van der Waals surface area (Å²) in [6.45, 7) is 6.16. The highest BCUT2D eigenvalue weighted by Gasteiger charge is 2.23. The first-order valence-electron chi connectivity index (χ1n) is 6.77. The van der Waals surface area contributed by atoms with Crippen molar-refractivity contribution in [3.05, 3.63) is 22.4 Å². The molecule has 3 unspecified atom stereocenters. The Hall–Kier alpha value is -1.56. The zero-order valence-corrected chi connectivity index (χ0v) is 12.9. The van der Waals surface area contributed by atoms with E-state index in [0.717, 1.165) is 12.8 Å². The molecule has 5 nitrogen and oxygen atoms in total. The molecule has 2 amide bonds. The Morgan fingerprint density at radius 1 is 1.35 bits per heavy atom. The first-order valence-corrected chi connectivity index (χ1v) is 7.65. The number of rotatable bonds is 7. The van der Waals surface area contributed by atoms with Crippen LogP contribution in [0.2, 0.25) is 0 Å². The number of amides is 2. The van der Waals surface area contributed by atoms with Crippen LogP contribution in [0.5, 0.6) is 0 Å². The standard InChI is InChI=1S/C14H22N2O3S/c1-4-9(2)8-10(3)15-14(19)16-12(13(17)18)11-6-5-7-20-11/h5-7,9-10,12H,4,8H2,1-3H3,(H,17,18)(H2,15,16,19). The predicted molar refractivity (Wildman–Crippen MR) is 79.9 cm³/mol. The van der Waals surface area contributed by atoms with Crippen LogP contribution >= 0.6 is 11.3 Å². The van der Waals surface area contributed by atoms with Crippen molar-refractivity contribution >= 4 is 23.3 Å². The number of urea groups is 1. The molecule has 112 valence electrons. The second-order valence-electron chi connectivity index (χ2n) is 5.05. The van der Waals surface area contributed by atoms with E-state index in [9.17, 15) is 14.7 Å². The summed E-state index contributed by atoms with van der Waals surface area (Å²) in [4.78, 5) is 23.7. The van der Waals surface area contributed by atoms with Crippen LogP contribution in [0.25, 0.3) is 0 Å². The maximum atomic E-state index is 11.9. The average molecular weight is 298 g/mol. The molecule has 0 aliphatic rings. The molecule has 0 saturated heterocycles. The quantitative estimate of drug-likeness (QED) is 0.724. The Kier molecular flexibility index (Phi) is 6.51. The maximum absolute atomic E-state index is 11.9. The number of hydrogen-bond acceptors (Lipinski definition) is 3. The molecule has 0 saturated carbocycles. The highest BCUT2D eigenvalue weighted by atomic mass is 32.1. The molecule has 1 aromatic heterocycles. The van der Waals surface area contributed by atoms with Crippen LogP contribution in [-0.4, -0.2) is 23.1 Å². The maximum Gasteiger partial charge on any atom is 0.331 e. The molecule has 3 atom stereocenters. The number of thiophene rings is 1. The highest BCUT2D eigenvalue weighted by Crippen LogP contribution is 2.19. The summed E-state index contributed by atoms with van der Waals surface area (Å²) in [6, 6.07) is 2.04. The zero-order valence-electron chi connectivity index (χ0n) is 12.1. The third-order valence-electron chi connectivity index (χ3n) is 3.18. The molecule has 0 aliphatic carbocycles. The van der Waals surface area contributed by atoms with E-state index in [1.807, 2.05) is 6.92 Å². The highest BCUT2D eigenvalue weighted by molar-refractivity contribution is 7.10. The van der Waals surface area contributed by atoms with Gasteiger partial charge in [-0.2, -0.15) is 0 Å². The van der Waals surface area contributed by atoms with Crippen LogP contribution in [0.3, 0.4) is 0 Å². The first-order chi connectivity index (χ1) is 9.43. The number of carbonyl (C=O) groups excluding carboxylic acids is 1. The molecule has 0 spiro atoms. The van der Waals surface area contributed by atoms with Gasteiger partial charge in [0.15, 0.2) is 6.04 Å². The molecular weight excluding hydrogens is 276 g/mol. The number of carbonyl (C=O) groups is 2. The summed E-state index contributed by atoms with van der Waals surface area (Å²) in [5.74, 6) is -0.532. The van der Waals surface area contributed by atoms with Gasteiger partial charge in [-0.15, -0.1) is 11.3 Å². The van der Waals surface area contributed by atoms with Gasteiger partial charge in [0.25, 0.3) is 0 Å². The minimum Gasteiger partial charge on any atom is -0.479 e. The van der Waals surface area contributed by atoms with E-state index in [0.29, 0.717) is 10.8 Å². The van der Waals surface area contributed by atoms with Crippen molar-refractivity contribution in [2.75, 3.05) is 0 Å². The average Bonchev–Trinajstić information content (AvgIpc) is 2.88. The van der Waals surface area contributed by atoms with Gasteiger partial charge in [-0.05, 0) is 30.7 Å². The number of carboxylic acid groups (broad SMARTS) is 1. The van der Waals surface area contributed by atoms with Gasteiger partial charge in [-0.25, -0.2) is 9.59 Å². The third-order valence-corrected chi connectivity index (χ3v) is 4.12. The largest absolute Gasteiger partial charge is 0.479 e. The second-order valence-corrected chi connectivity index (χ2v) is 6.03. The molecule has 0 aromatic carbocycles. The van der Waals surface area contributed by atoms with Crippen molar-refractivity contribution in [2.45, 2.75) is 45.7 Å². The molecular formula is C14H22N2O3S. The Bertz CT molecular complexity index is 434. The SMILES string of the molecule is CCC(C)CC(C)NC(=O)NC(C(=O)O)c1cccs1. The molecule has 3 N–H and O–H groups in total. The van der Waals surface area contributed by atoms with E-state index in [-0.39, 0.29) is 6.04 Å². The lowest BCUT2D eigenvalue weighted by molar-refractivity contribution is -0.139. The normalized spacial score (nSPS) is 15.2. The minimum atomic E-state index is -1.06. The van der Waals surface area contributed by atoms with Crippen molar-refractivity contribution < 1.29 is 14.7 Å². The van der Waals surface area contributed by atoms with Crippen molar-refractivity contribution in [1.82, 2.24) is 10.6 Å². The Morgan fingerprint density at radius 3 is 2.55 bits per heavy atom. The molecule has 1 rings (SSSR count). The summed E-state index contributed by atoms with van der Waals surface area (Å²) in [6.07, 6.45) is 1.93. The molecule has 1 aromatic rings. The Labute approximate surface area is 123 Å². The molecule has 20 heavy (non-hydrogen) atoms. The van der Waals surface area contributed by atoms with E-state index in [2.05, 4.69) is 24.5 Å². The van der Waals surface area contributed by atoms with Crippen LogP contribution in [0, 0.1) is 5.92 Å². The van der Waals surface area contributed by atoms with Crippen LogP contribution in [0.1, 0.15) is 44.5 Å². The van der Waals surface area contributed by atoms with E-state index in [1.165, 1.54) is 11.3 Å². The Balaban J connectivity index is 2.53. The zero-order chi connectivity index (χ0) is 15.1. The van der Waals surface area contributed by atoms with Crippen LogP contribution in [-0.2, 0) is 4.79 Å². The van der Waals surface area contributed by atoms with Gasteiger partial charge in [0.1, 0.15) is 0 Å². The van der Waals surface area contributed by atoms with Gasteiger partial charge >= 0.3 is 12.0 Å². The smallest absolute Gasteiger partial charge is 0.331 e. The summed E-state index contributed by atoms with van der Waals surface area (Å²) >= 11 is 1.31. The lowest BCUT2D eigenvalue weighted by atomic mass is 10.0. The van der Waals surface area contributed by atoms with Crippen LogP contribution in [0.15, 0.2) is 17.5 Å². The summed E-state index contributed by atoms with van der Waals surface area (Å²) in [5, 5.41) is 16.2. The van der Waals surface area contributed by atoms with Gasteiger partial charge < -0.3 is 15.7 Å². The third kappa shape index (κ3) is 5.21. The van der Waals surface area contributed by atoms with Gasteiger partial charge in [0, 0.05) is 10.9 Å². The molecule has 0 fully saturated rings. The number of carboxylic acids is 1. The van der Waals surface area contributed by atoms with Crippen molar-refractivity contribution in [3.63, 3.8) is 0 Å². The fourth-order valence-corrected chi connectivity index (χ4v) is 2.70. The van der Waals surface area contributed by atoms with E-state index in [4.69, 9.17) is 0 Å². The fraction of sp³-hybridized carbons (Fsp3) is 0.571. The molecule has 0 aliphatic heterocycles. The number of aliphatic carboxylic acids is 1. The molecule has 0 radical (unpaired) electrons. The minimum absolute atomic E-state index is 0.0164. The van der Waals surface area contributed by atoms with E-state index >= 15 is 0 Å². The summed E-state index contributed by atoms with van der Waals surface area (Å²) in [7, 11) is 0. The van der Waals surface area contributed by atoms with Gasteiger partial charge in [0.05, 0.1) is 0 Å². The van der Waals surface area contributed by atoms with Crippen molar-refractivity contribution in [3.8, 4) is 0 Å². The topological polar surface area (TPSA) is 78.4 Å². The molecule has 6 heteroatoms. The predicted octanol–water partition coefficient (Wildman–Crippen LogP) is 3.00. The monoisotopic (exact) mass is 298 g/mol. The molecule has 1 heterocycles. The number of nitrogens with one attached hydrogen (secondary N) is 2.